The molecule has 0 radical (unpaired) electrons. The molecule has 0 spiro atoms. The Kier molecular flexibility index (Phi) is 3.97. The first kappa shape index (κ1) is 16.1. The molecule has 1 saturated carbocycles. The quantitative estimate of drug-likeness (QED) is 0.818. The first-order chi connectivity index (χ1) is 12.1. The van der Waals surface area contributed by atoms with E-state index in [4.69, 9.17) is 0 Å². The fourth-order valence-corrected chi connectivity index (χ4v) is 3.98. The highest BCUT2D eigenvalue weighted by Crippen LogP contribution is 2.31. The van der Waals surface area contributed by atoms with Crippen LogP contribution in [0, 0.1) is 11.3 Å². The average molecular weight is 338 g/mol. The van der Waals surface area contributed by atoms with Crippen LogP contribution in [0.25, 0.3) is 0 Å². The summed E-state index contributed by atoms with van der Waals surface area (Å²) in [6.45, 7) is 4.17. The zero-order chi connectivity index (χ0) is 17.6. The Bertz CT molecular complexity index is 765. The Balaban J connectivity index is 1.50. The van der Waals surface area contributed by atoms with Gasteiger partial charge in [0.25, 0.3) is 5.91 Å². The number of hydrogen-bond donors (Lipinski definition) is 0. The van der Waals surface area contributed by atoms with Crippen molar-refractivity contribution in [1.29, 1.82) is 5.26 Å². The molecular weight excluding hydrogens is 316 g/mol. The molecule has 2 fully saturated rings. The smallest absolute Gasteiger partial charge is 0.253 e. The predicted octanol–water partition coefficient (Wildman–Crippen LogP) is 1.41. The lowest BCUT2D eigenvalue weighted by Gasteiger charge is -2.38. The van der Waals surface area contributed by atoms with E-state index in [1.807, 2.05) is 12.1 Å². The van der Waals surface area contributed by atoms with Crippen molar-refractivity contribution in [3.05, 3.63) is 29.3 Å². The molecule has 0 aromatic heterocycles. The van der Waals surface area contributed by atoms with Crippen LogP contribution in [-0.4, -0.2) is 59.9 Å². The molecule has 1 aromatic rings. The summed E-state index contributed by atoms with van der Waals surface area (Å²) in [7, 11) is 0. The van der Waals surface area contributed by atoms with Crippen LogP contribution in [0.3, 0.4) is 0 Å². The van der Waals surface area contributed by atoms with E-state index < -0.39 is 0 Å². The molecule has 0 N–H and O–H groups in total. The Morgan fingerprint density at radius 3 is 2.68 bits per heavy atom. The Labute approximate surface area is 147 Å². The van der Waals surface area contributed by atoms with E-state index in [9.17, 15) is 14.9 Å². The number of rotatable bonds is 2. The maximum atomic E-state index is 12.9. The van der Waals surface area contributed by atoms with Gasteiger partial charge in [0.1, 0.15) is 6.04 Å². The Hall–Kier alpha value is -2.39. The van der Waals surface area contributed by atoms with E-state index in [-0.39, 0.29) is 17.9 Å². The van der Waals surface area contributed by atoms with E-state index in [0.717, 1.165) is 24.2 Å². The number of benzene rings is 1. The first-order valence-corrected chi connectivity index (χ1v) is 8.94. The van der Waals surface area contributed by atoms with Crippen LogP contribution in [0.5, 0.6) is 0 Å². The highest BCUT2D eigenvalue weighted by Gasteiger charge is 2.38. The van der Waals surface area contributed by atoms with Crippen molar-refractivity contribution in [2.45, 2.75) is 38.3 Å². The zero-order valence-electron chi connectivity index (χ0n) is 14.4. The molecule has 2 heterocycles. The molecule has 25 heavy (non-hydrogen) atoms. The molecule has 6 nitrogen and oxygen atoms in total. The van der Waals surface area contributed by atoms with Crippen LogP contribution in [-0.2, 0) is 11.2 Å². The van der Waals surface area contributed by atoms with E-state index in [0.29, 0.717) is 31.2 Å². The summed E-state index contributed by atoms with van der Waals surface area (Å²) in [5.41, 5.74) is 2.62. The van der Waals surface area contributed by atoms with Gasteiger partial charge in [0.15, 0.2) is 0 Å². The molecule has 1 aliphatic carbocycles. The number of hydrogen-bond acceptors (Lipinski definition) is 4. The predicted molar refractivity (Wildman–Crippen MR) is 93.2 cm³/mol. The van der Waals surface area contributed by atoms with Gasteiger partial charge in [0.2, 0.25) is 5.91 Å². The van der Waals surface area contributed by atoms with E-state index in [2.05, 4.69) is 11.0 Å². The molecule has 0 bridgehead atoms. The van der Waals surface area contributed by atoms with Crippen LogP contribution in [0.2, 0.25) is 0 Å². The summed E-state index contributed by atoms with van der Waals surface area (Å²) in [5, 5.41) is 9.45. The highest BCUT2D eigenvalue weighted by molar-refractivity contribution is 5.98. The summed E-state index contributed by atoms with van der Waals surface area (Å²) in [5.74, 6) is 0.0191. The lowest BCUT2D eigenvalue weighted by Crippen LogP contribution is -2.54. The summed E-state index contributed by atoms with van der Waals surface area (Å²) in [4.78, 5) is 30.3. The fourth-order valence-electron chi connectivity index (χ4n) is 3.98. The number of nitrogens with zero attached hydrogens (tertiary/aromatic N) is 4. The van der Waals surface area contributed by atoms with Crippen molar-refractivity contribution in [3.8, 4) is 6.07 Å². The molecule has 4 rings (SSSR count). The number of carbonyl (C=O) groups is 2. The van der Waals surface area contributed by atoms with Crippen molar-refractivity contribution >= 4 is 17.5 Å². The van der Waals surface area contributed by atoms with Crippen LogP contribution < -0.4 is 4.90 Å². The van der Waals surface area contributed by atoms with Gasteiger partial charge in [-0.15, -0.1) is 0 Å². The van der Waals surface area contributed by atoms with Gasteiger partial charge in [-0.25, -0.2) is 0 Å². The van der Waals surface area contributed by atoms with Gasteiger partial charge in [0.05, 0.1) is 6.07 Å². The van der Waals surface area contributed by atoms with Gasteiger partial charge in [0, 0.05) is 50.4 Å². The molecule has 6 heteroatoms. The second-order valence-corrected chi connectivity index (χ2v) is 7.13. The maximum Gasteiger partial charge on any atom is 0.253 e. The number of fused-ring (bicyclic) bond motifs is 1. The Morgan fingerprint density at radius 2 is 2.00 bits per heavy atom. The maximum absolute atomic E-state index is 12.9. The SMILES string of the molecule is CC(=O)N1CCc2cc(C(=O)N3CCN(C4CC4)C(C#N)C3)ccc21. The molecule has 1 aromatic carbocycles. The zero-order valence-corrected chi connectivity index (χ0v) is 14.4. The minimum Gasteiger partial charge on any atom is -0.335 e. The largest absolute Gasteiger partial charge is 0.335 e. The number of anilines is 1. The number of amides is 2. The van der Waals surface area contributed by atoms with Gasteiger partial charge in [-0.2, -0.15) is 5.26 Å². The van der Waals surface area contributed by atoms with E-state index in [1.54, 1.807) is 22.8 Å². The summed E-state index contributed by atoms with van der Waals surface area (Å²) >= 11 is 0. The average Bonchev–Trinajstić information content (AvgIpc) is 3.38. The molecule has 3 aliphatic rings. The molecule has 2 amide bonds. The minimum absolute atomic E-state index is 0.0141. The van der Waals surface area contributed by atoms with Gasteiger partial charge in [-0.3, -0.25) is 14.5 Å². The normalized spacial score (nSPS) is 23.3. The summed E-state index contributed by atoms with van der Waals surface area (Å²) < 4.78 is 0. The van der Waals surface area contributed by atoms with Crippen molar-refractivity contribution in [3.63, 3.8) is 0 Å². The topological polar surface area (TPSA) is 67.7 Å². The van der Waals surface area contributed by atoms with Crippen molar-refractivity contribution in [2.75, 3.05) is 31.1 Å². The lowest BCUT2D eigenvalue weighted by molar-refractivity contribution is -0.116. The van der Waals surface area contributed by atoms with Crippen LogP contribution in [0.4, 0.5) is 5.69 Å². The van der Waals surface area contributed by atoms with Crippen molar-refractivity contribution in [2.24, 2.45) is 0 Å². The molecule has 130 valence electrons. The van der Waals surface area contributed by atoms with Gasteiger partial charge in [-0.05, 0) is 43.0 Å². The van der Waals surface area contributed by atoms with Gasteiger partial charge in [-0.1, -0.05) is 0 Å². The third-order valence-electron chi connectivity index (χ3n) is 5.48. The van der Waals surface area contributed by atoms with Gasteiger partial charge >= 0.3 is 0 Å². The standard InChI is InChI=1S/C19H22N4O2/c1-13(24)22-7-6-14-10-15(2-5-18(14)22)19(25)21-8-9-23(16-3-4-16)17(11-20)12-21/h2,5,10,16-17H,3-4,6-9,12H2,1H3. The number of carbonyl (C=O) groups excluding carboxylic acids is 2. The molecule has 1 saturated heterocycles. The Morgan fingerprint density at radius 1 is 1.20 bits per heavy atom. The summed E-state index contributed by atoms with van der Waals surface area (Å²) in [6, 6.07) is 8.29. The van der Waals surface area contributed by atoms with Crippen LogP contribution in [0.1, 0.15) is 35.7 Å². The molecule has 1 unspecified atom stereocenters. The second kappa shape index (κ2) is 6.16. The van der Waals surface area contributed by atoms with Gasteiger partial charge < -0.3 is 9.80 Å². The number of nitriles is 1. The van der Waals surface area contributed by atoms with E-state index >= 15 is 0 Å². The van der Waals surface area contributed by atoms with Crippen LogP contribution >= 0.6 is 0 Å². The van der Waals surface area contributed by atoms with E-state index in [1.165, 1.54) is 12.8 Å². The van der Waals surface area contributed by atoms with Crippen molar-refractivity contribution in [1.82, 2.24) is 9.80 Å². The number of piperazine rings is 1. The highest BCUT2D eigenvalue weighted by atomic mass is 16.2. The fraction of sp³-hybridized carbons (Fsp3) is 0.526. The molecular formula is C19H22N4O2. The lowest BCUT2D eigenvalue weighted by atomic mass is 10.1. The van der Waals surface area contributed by atoms with Crippen molar-refractivity contribution < 1.29 is 9.59 Å². The summed E-state index contributed by atoms with van der Waals surface area (Å²) in [6.07, 6.45) is 3.12. The van der Waals surface area contributed by atoms with Crippen LogP contribution in [0.15, 0.2) is 18.2 Å². The third-order valence-corrected chi connectivity index (χ3v) is 5.48. The molecule has 2 aliphatic heterocycles. The first-order valence-electron chi connectivity index (χ1n) is 8.94. The minimum atomic E-state index is -0.201. The molecule has 1 atom stereocenters. The third kappa shape index (κ3) is 2.89. The monoisotopic (exact) mass is 338 g/mol. The second-order valence-electron chi connectivity index (χ2n) is 7.13.